The molecule has 0 atom stereocenters. The molecule has 12 heavy (non-hydrogen) atoms. The smallest absolute Gasteiger partial charge is 0.122 e. The van der Waals surface area contributed by atoms with Crippen LogP contribution in [0.5, 0.6) is 0 Å². The van der Waals surface area contributed by atoms with E-state index >= 15 is 0 Å². The third-order valence-corrected chi connectivity index (χ3v) is 2.58. The van der Waals surface area contributed by atoms with E-state index in [0.717, 1.165) is 31.5 Å². The molecule has 0 saturated carbocycles. The summed E-state index contributed by atoms with van der Waals surface area (Å²) >= 11 is 3.45. The van der Waals surface area contributed by atoms with Gasteiger partial charge in [0.25, 0.3) is 0 Å². The fraction of sp³-hybridized carbons (Fsp3) is 0.625. The highest BCUT2D eigenvalue weighted by Crippen LogP contribution is 2.09. The Morgan fingerprint density at radius 2 is 2.42 bits per heavy atom. The van der Waals surface area contributed by atoms with E-state index in [9.17, 15) is 0 Å². The molecule has 0 spiro atoms. The Hall–Kier alpha value is -0.350. The summed E-state index contributed by atoms with van der Waals surface area (Å²) in [4.78, 5) is 6.71. The van der Waals surface area contributed by atoms with Crippen molar-refractivity contribution >= 4 is 15.9 Å². The van der Waals surface area contributed by atoms with E-state index in [1.165, 1.54) is 5.82 Å². The van der Waals surface area contributed by atoms with Crippen molar-refractivity contribution in [3.63, 3.8) is 0 Å². The van der Waals surface area contributed by atoms with E-state index in [2.05, 4.69) is 36.6 Å². The molecule has 66 valence electrons. The summed E-state index contributed by atoms with van der Waals surface area (Å²) in [5, 5.41) is 1.05. The standard InChI is InChI=1S/C8H12BrN3/c9-1-3-11-5-6-12-4-2-10-8(12)7-11/h2,4H,1,3,5-7H2. The topological polar surface area (TPSA) is 21.1 Å². The predicted molar refractivity (Wildman–Crippen MR) is 51.3 cm³/mol. The molecule has 1 aliphatic heterocycles. The number of fused-ring (bicyclic) bond motifs is 1. The van der Waals surface area contributed by atoms with E-state index in [0.29, 0.717) is 0 Å². The molecular weight excluding hydrogens is 218 g/mol. The number of nitrogens with zero attached hydrogens (tertiary/aromatic N) is 3. The van der Waals surface area contributed by atoms with Gasteiger partial charge in [0.15, 0.2) is 0 Å². The van der Waals surface area contributed by atoms with Crippen LogP contribution in [0, 0.1) is 0 Å². The van der Waals surface area contributed by atoms with E-state index in [-0.39, 0.29) is 0 Å². The minimum absolute atomic E-state index is 0.999. The molecule has 3 nitrogen and oxygen atoms in total. The first kappa shape index (κ1) is 8.26. The van der Waals surface area contributed by atoms with Crippen molar-refractivity contribution in [3.8, 4) is 0 Å². The fourth-order valence-electron chi connectivity index (χ4n) is 1.53. The SMILES string of the molecule is BrCCN1CCn2ccnc2C1. The Balaban J connectivity index is 2.05. The second-order valence-electron chi connectivity index (χ2n) is 3.00. The van der Waals surface area contributed by atoms with Gasteiger partial charge in [-0.05, 0) is 0 Å². The Labute approximate surface area is 80.5 Å². The molecule has 0 N–H and O–H groups in total. The van der Waals surface area contributed by atoms with Gasteiger partial charge in [0.05, 0.1) is 6.54 Å². The number of hydrogen-bond acceptors (Lipinski definition) is 2. The van der Waals surface area contributed by atoms with Crippen molar-refractivity contribution in [3.05, 3.63) is 18.2 Å². The lowest BCUT2D eigenvalue weighted by Gasteiger charge is -2.26. The highest BCUT2D eigenvalue weighted by Gasteiger charge is 2.14. The summed E-state index contributed by atoms with van der Waals surface area (Å²) in [6.07, 6.45) is 3.94. The van der Waals surface area contributed by atoms with Crippen LogP contribution in [0.25, 0.3) is 0 Å². The van der Waals surface area contributed by atoms with Gasteiger partial charge in [-0.2, -0.15) is 0 Å². The Morgan fingerprint density at radius 1 is 1.50 bits per heavy atom. The average molecular weight is 230 g/mol. The van der Waals surface area contributed by atoms with E-state index in [1.807, 2.05) is 6.20 Å². The molecule has 0 aliphatic carbocycles. The Kier molecular flexibility index (Phi) is 2.46. The van der Waals surface area contributed by atoms with E-state index in [4.69, 9.17) is 0 Å². The van der Waals surface area contributed by atoms with Crippen LogP contribution in [0.3, 0.4) is 0 Å². The zero-order valence-electron chi connectivity index (χ0n) is 6.91. The first-order valence-electron chi connectivity index (χ1n) is 4.18. The zero-order valence-corrected chi connectivity index (χ0v) is 8.50. The second-order valence-corrected chi connectivity index (χ2v) is 3.79. The maximum Gasteiger partial charge on any atom is 0.122 e. The molecule has 0 aromatic carbocycles. The van der Waals surface area contributed by atoms with Crippen molar-refractivity contribution in [2.24, 2.45) is 0 Å². The lowest BCUT2D eigenvalue weighted by molar-refractivity contribution is 0.230. The van der Waals surface area contributed by atoms with Crippen LogP contribution in [0.15, 0.2) is 12.4 Å². The van der Waals surface area contributed by atoms with E-state index in [1.54, 1.807) is 0 Å². The van der Waals surface area contributed by atoms with Crippen molar-refractivity contribution in [2.75, 3.05) is 18.4 Å². The van der Waals surface area contributed by atoms with Gasteiger partial charge in [-0.3, -0.25) is 4.90 Å². The molecule has 0 saturated heterocycles. The summed E-state index contributed by atoms with van der Waals surface area (Å²) in [6, 6.07) is 0. The van der Waals surface area contributed by atoms with Crippen molar-refractivity contribution < 1.29 is 0 Å². The molecule has 0 unspecified atom stereocenters. The number of rotatable bonds is 2. The van der Waals surface area contributed by atoms with Gasteiger partial charge in [0, 0.05) is 37.4 Å². The van der Waals surface area contributed by atoms with Crippen LogP contribution >= 0.6 is 15.9 Å². The van der Waals surface area contributed by atoms with Crippen LogP contribution < -0.4 is 0 Å². The average Bonchev–Trinajstić information content (AvgIpc) is 2.51. The third kappa shape index (κ3) is 1.54. The Morgan fingerprint density at radius 3 is 3.25 bits per heavy atom. The maximum absolute atomic E-state index is 4.30. The number of alkyl halides is 1. The normalized spacial score (nSPS) is 17.8. The minimum Gasteiger partial charge on any atom is -0.333 e. The molecule has 0 radical (unpaired) electrons. The van der Waals surface area contributed by atoms with Gasteiger partial charge >= 0.3 is 0 Å². The summed E-state index contributed by atoms with van der Waals surface area (Å²) < 4.78 is 2.23. The lowest BCUT2D eigenvalue weighted by atomic mass is 10.3. The summed E-state index contributed by atoms with van der Waals surface area (Å²) in [7, 11) is 0. The molecule has 1 aliphatic rings. The van der Waals surface area contributed by atoms with Gasteiger partial charge in [-0.1, -0.05) is 15.9 Å². The van der Waals surface area contributed by atoms with Crippen LogP contribution in [0.4, 0.5) is 0 Å². The van der Waals surface area contributed by atoms with Gasteiger partial charge in [0.2, 0.25) is 0 Å². The van der Waals surface area contributed by atoms with Crippen LogP contribution in [-0.4, -0.2) is 32.9 Å². The van der Waals surface area contributed by atoms with Gasteiger partial charge < -0.3 is 4.57 Å². The third-order valence-electron chi connectivity index (χ3n) is 2.22. The number of halogens is 1. The largest absolute Gasteiger partial charge is 0.333 e. The predicted octanol–water partition coefficient (Wildman–Crippen LogP) is 1.09. The van der Waals surface area contributed by atoms with Crippen molar-refractivity contribution in [1.82, 2.24) is 14.5 Å². The molecule has 0 bridgehead atoms. The van der Waals surface area contributed by atoms with Gasteiger partial charge in [-0.15, -0.1) is 0 Å². The molecule has 2 heterocycles. The monoisotopic (exact) mass is 229 g/mol. The minimum atomic E-state index is 0.999. The Bertz CT molecular complexity index is 259. The highest BCUT2D eigenvalue weighted by molar-refractivity contribution is 9.09. The summed E-state index contributed by atoms with van der Waals surface area (Å²) in [5.41, 5.74) is 0. The maximum atomic E-state index is 4.30. The quantitative estimate of drug-likeness (QED) is 0.709. The molecule has 0 fully saturated rings. The summed E-state index contributed by atoms with van der Waals surface area (Å²) in [5.74, 6) is 1.20. The van der Waals surface area contributed by atoms with Crippen LogP contribution in [0.2, 0.25) is 0 Å². The summed E-state index contributed by atoms with van der Waals surface area (Å²) in [6.45, 7) is 4.35. The number of hydrogen-bond donors (Lipinski definition) is 0. The molecule has 1 aromatic rings. The highest BCUT2D eigenvalue weighted by atomic mass is 79.9. The van der Waals surface area contributed by atoms with Gasteiger partial charge in [-0.25, -0.2) is 4.98 Å². The second kappa shape index (κ2) is 3.58. The molecule has 0 amide bonds. The van der Waals surface area contributed by atoms with Crippen LogP contribution in [0.1, 0.15) is 5.82 Å². The zero-order chi connectivity index (χ0) is 8.39. The first-order valence-corrected chi connectivity index (χ1v) is 5.30. The molecule has 2 rings (SSSR count). The molecule has 1 aromatic heterocycles. The van der Waals surface area contributed by atoms with Gasteiger partial charge in [0.1, 0.15) is 5.82 Å². The number of imidazole rings is 1. The number of aromatic nitrogens is 2. The van der Waals surface area contributed by atoms with Crippen molar-refractivity contribution in [1.29, 1.82) is 0 Å². The molecular formula is C8H12BrN3. The van der Waals surface area contributed by atoms with Crippen LogP contribution in [-0.2, 0) is 13.1 Å². The lowest BCUT2D eigenvalue weighted by Crippen LogP contribution is -2.34. The van der Waals surface area contributed by atoms with Crippen molar-refractivity contribution in [2.45, 2.75) is 13.1 Å². The first-order chi connectivity index (χ1) is 5.90. The fourth-order valence-corrected chi connectivity index (χ4v) is 2.04. The van der Waals surface area contributed by atoms with E-state index < -0.39 is 0 Å². The molecule has 4 heteroatoms.